The van der Waals surface area contributed by atoms with Gasteiger partial charge in [-0.05, 0) is 68.4 Å². The summed E-state index contributed by atoms with van der Waals surface area (Å²) in [6.07, 6.45) is -1.11. The third-order valence-corrected chi connectivity index (χ3v) is 8.65. The van der Waals surface area contributed by atoms with Crippen molar-refractivity contribution in [3.8, 4) is 0 Å². The number of halogens is 6. The number of nitrogens with one attached hydrogen (secondary N) is 1. The number of rotatable bonds is 6. The van der Waals surface area contributed by atoms with Crippen molar-refractivity contribution in [2.75, 3.05) is 0 Å². The minimum Gasteiger partial charge on any atom is -0.343 e. The normalized spacial score (nSPS) is 24.7. The molecule has 0 radical (unpaired) electrons. The molecule has 3 N–H and O–H groups in total. The average molecular weight is 572 g/mol. The first kappa shape index (κ1) is 27.2. The number of amides is 2. The van der Waals surface area contributed by atoms with Gasteiger partial charge < -0.3 is 16.0 Å². The molecule has 1 saturated carbocycles. The van der Waals surface area contributed by atoms with Crippen LogP contribution in [0.25, 0.3) is 0 Å². The highest BCUT2D eigenvalue weighted by molar-refractivity contribution is 6.35. The van der Waals surface area contributed by atoms with Crippen LogP contribution in [-0.4, -0.2) is 40.9 Å². The number of carbonyl (C=O) groups excluding carboxylic acids is 2. The summed E-state index contributed by atoms with van der Waals surface area (Å²) in [6.45, 7) is 0. The second kappa shape index (κ2) is 9.99. The highest BCUT2D eigenvalue weighted by Gasteiger charge is 2.54. The van der Waals surface area contributed by atoms with Gasteiger partial charge in [-0.25, -0.2) is 4.39 Å². The van der Waals surface area contributed by atoms with E-state index in [0.29, 0.717) is 34.5 Å². The van der Waals surface area contributed by atoms with Gasteiger partial charge in [0.25, 0.3) is 0 Å². The fraction of sp³-hybridized carbons (Fsp3) is 0.481. The Bertz CT molecular complexity index is 1250. The molecular formula is C27H27Cl2F4N3O2. The molecule has 0 spiro atoms. The second-order valence-electron chi connectivity index (χ2n) is 10.6. The molecule has 3 aliphatic rings. The van der Waals surface area contributed by atoms with Gasteiger partial charge in [0.1, 0.15) is 11.9 Å². The number of alkyl halides is 3. The molecule has 38 heavy (non-hydrogen) atoms. The fourth-order valence-corrected chi connectivity index (χ4v) is 6.47. The second-order valence-corrected chi connectivity index (χ2v) is 11.4. The lowest BCUT2D eigenvalue weighted by Crippen LogP contribution is -2.58. The summed E-state index contributed by atoms with van der Waals surface area (Å²) in [5, 5.41) is 3.57. The van der Waals surface area contributed by atoms with Crippen LogP contribution in [0.3, 0.4) is 0 Å². The van der Waals surface area contributed by atoms with Crippen molar-refractivity contribution < 1.29 is 27.2 Å². The van der Waals surface area contributed by atoms with Gasteiger partial charge in [-0.1, -0.05) is 35.3 Å². The Morgan fingerprint density at radius 1 is 1.08 bits per heavy atom. The van der Waals surface area contributed by atoms with Gasteiger partial charge in [0.2, 0.25) is 11.8 Å². The van der Waals surface area contributed by atoms with E-state index in [0.717, 1.165) is 25.0 Å². The van der Waals surface area contributed by atoms with E-state index in [9.17, 15) is 27.2 Å². The standard InChI is InChI=1S/C27H27Cl2F4N3O2/c28-16-3-1-14(21(29)11-16)9-23(24(37)36-18-4-5-19(36)13-17(34)12-18)35-25(38)26(7-8-26)20-6-2-15(10-22(20)30)27(31,32)33/h1-3,6,10-11,17-19,23H,4-5,7-9,12-13,34H2,(H,35,38)/t17?,18?,19?,23-/m0/s1. The summed E-state index contributed by atoms with van der Waals surface area (Å²) < 4.78 is 54.0. The largest absolute Gasteiger partial charge is 0.416 e. The minimum atomic E-state index is -4.70. The smallest absolute Gasteiger partial charge is 0.343 e. The molecule has 2 unspecified atom stereocenters. The molecule has 3 atom stereocenters. The quantitative estimate of drug-likeness (QED) is 0.456. The summed E-state index contributed by atoms with van der Waals surface area (Å²) in [5.74, 6) is -1.97. The molecule has 2 aromatic carbocycles. The molecular weight excluding hydrogens is 545 g/mol. The maximum absolute atomic E-state index is 14.9. The first-order valence-electron chi connectivity index (χ1n) is 12.6. The molecule has 3 fully saturated rings. The lowest BCUT2D eigenvalue weighted by atomic mass is 9.92. The van der Waals surface area contributed by atoms with E-state index < -0.39 is 34.9 Å². The Hall–Kier alpha value is -2.36. The van der Waals surface area contributed by atoms with E-state index in [4.69, 9.17) is 28.9 Å². The summed E-state index contributed by atoms with van der Waals surface area (Å²) in [5.41, 5.74) is 4.20. The van der Waals surface area contributed by atoms with Crippen LogP contribution >= 0.6 is 23.2 Å². The van der Waals surface area contributed by atoms with Gasteiger partial charge in [-0.3, -0.25) is 9.59 Å². The zero-order valence-corrected chi connectivity index (χ0v) is 21.8. The van der Waals surface area contributed by atoms with Gasteiger partial charge in [-0.15, -0.1) is 0 Å². The number of nitrogens with two attached hydrogens (primary N) is 1. The lowest BCUT2D eigenvalue weighted by molar-refractivity contribution is -0.141. The van der Waals surface area contributed by atoms with Crippen molar-refractivity contribution in [1.29, 1.82) is 0 Å². The Kier molecular flexibility index (Phi) is 7.16. The van der Waals surface area contributed by atoms with Crippen molar-refractivity contribution in [2.24, 2.45) is 5.73 Å². The maximum Gasteiger partial charge on any atom is 0.416 e. The van der Waals surface area contributed by atoms with Crippen LogP contribution in [0.5, 0.6) is 0 Å². The van der Waals surface area contributed by atoms with Gasteiger partial charge in [-0.2, -0.15) is 13.2 Å². The number of nitrogens with zero attached hydrogens (tertiary/aromatic N) is 1. The Morgan fingerprint density at radius 2 is 1.74 bits per heavy atom. The van der Waals surface area contributed by atoms with E-state index in [1.54, 1.807) is 18.2 Å². The molecule has 2 amide bonds. The van der Waals surface area contributed by atoms with Crippen LogP contribution in [0.1, 0.15) is 55.2 Å². The molecule has 0 aromatic heterocycles. The molecule has 5 rings (SSSR count). The Morgan fingerprint density at radius 3 is 2.29 bits per heavy atom. The molecule has 204 valence electrons. The van der Waals surface area contributed by atoms with Crippen LogP contribution in [0.15, 0.2) is 36.4 Å². The number of hydrogen-bond acceptors (Lipinski definition) is 3. The number of piperidine rings is 1. The van der Waals surface area contributed by atoms with E-state index >= 15 is 0 Å². The summed E-state index contributed by atoms with van der Waals surface area (Å²) >= 11 is 12.4. The molecule has 2 aromatic rings. The molecule has 11 heteroatoms. The summed E-state index contributed by atoms with van der Waals surface area (Å²) in [7, 11) is 0. The highest BCUT2D eigenvalue weighted by atomic mass is 35.5. The summed E-state index contributed by atoms with van der Waals surface area (Å²) in [6, 6.07) is 6.01. The first-order valence-corrected chi connectivity index (χ1v) is 13.3. The number of benzene rings is 2. The lowest BCUT2D eigenvalue weighted by Gasteiger charge is -2.40. The zero-order valence-electron chi connectivity index (χ0n) is 20.3. The van der Waals surface area contributed by atoms with Gasteiger partial charge in [0.05, 0.1) is 11.0 Å². The number of carbonyl (C=O) groups is 2. The minimum absolute atomic E-state index is 0.00711. The van der Waals surface area contributed by atoms with E-state index in [1.807, 2.05) is 4.90 Å². The predicted molar refractivity (Wildman–Crippen MR) is 135 cm³/mol. The summed E-state index contributed by atoms with van der Waals surface area (Å²) in [4.78, 5) is 29.3. The molecule has 2 bridgehead atoms. The molecule has 2 heterocycles. The van der Waals surface area contributed by atoms with E-state index in [-0.39, 0.29) is 48.9 Å². The Labute approximate surface area is 227 Å². The van der Waals surface area contributed by atoms with Crippen LogP contribution in [0.4, 0.5) is 17.6 Å². The predicted octanol–water partition coefficient (Wildman–Crippen LogP) is 5.39. The number of hydrogen-bond donors (Lipinski definition) is 2. The van der Waals surface area contributed by atoms with E-state index in [1.165, 1.54) is 0 Å². The van der Waals surface area contributed by atoms with Crippen molar-refractivity contribution >= 4 is 35.0 Å². The monoisotopic (exact) mass is 571 g/mol. The van der Waals surface area contributed by atoms with Crippen LogP contribution < -0.4 is 11.1 Å². The topological polar surface area (TPSA) is 75.4 Å². The molecule has 2 aliphatic heterocycles. The average Bonchev–Trinajstić information content (AvgIpc) is 3.59. The third kappa shape index (κ3) is 5.12. The van der Waals surface area contributed by atoms with Crippen molar-refractivity contribution in [2.45, 2.75) is 80.7 Å². The van der Waals surface area contributed by atoms with Crippen molar-refractivity contribution in [3.05, 3.63) is 69.0 Å². The fourth-order valence-electron chi connectivity index (χ4n) is 5.99. The maximum atomic E-state index is 14.9. The number of fused-ring (bicyclic) bond motifs is 2. The molecule has 2 saturated heterocycles. The van der Waals surface area contributed by atoms with Crippen molar-refractivity contribution in [3.63, 3.8) is 0 Å². The van der Waals surface area contributed by atoms with Crippen LogP contribution in [0.2, 0.25) is 10.0 Å². The van der Waals surface area contributed by atoms with Crippen LogP contribution in [-0.2, 0) is 27.6 Å². The SMILES string of the molecule is NC1CC2CCC(C1)N2C(=O)[C@H](Cc1ccc(Cl)cc1Cl)NC(=O)C1(c2ccc(C(F)(F)F)cc2F)CC1. The van der Waals surface area contributed by atoms with Gasteiger partial charge >= 0.3 is 6.18 Å². The first-order chi connectivity index (χ1) is 17.9. The highest BCUT2D eigenvalue weighted by Crippen LogP contribution is 2.50. The zero-order chi connectivity index (χ0) is 27.4. The third-order valence-electron chi connectivity index (χ3n) is 8.06. The van der Waals surface area contributed by atoms with Gasteiger partial charge in [0.15, 0.2) is 0 Å². The molecule has 1 aliphatic carbocycles. The van der Waals surface area contributed by atoms with E-state index in [2.05, 4.69) is 5.32 Å². The van der Waals surface area contributed by atoms with Crippen LogP contribution in [0, 0.1) is 5.82 Å². The van der Waals surface area contributed by atoms with Gasteiger partial charge in [0, 0.05) is 40.2 Å². The Balaban J connectivity index is 1.43. The van der Waals surface area contributed by atoms with Crippen molar-refractivity contribution in [1.82, 2.24) is 10.2 Å². The molecule has 5 nitrogen and oxygen atoms in total.